The molecule has 0 spiro atoms. The lowest BCUT2D eigenvalue weighted by Crippen LogP contribution is -2.46. The standard InChI is InChI=1S/C16H32N2O2/c1-7-12(2)17-13-8-10-14(11-9-13)18(6)15(19)20-16(3,4)5/h12-14,17H,7-11H2,1-6H3. The Morgan fingerprint density at radius 1 is 1.30 bits per heavy atom. The Kier molecular flexibility index (Phi) is 6.31. The molecule has 1 aliphatic carbocycles. The van der Waals surface area contributed by atoms with Gasteiger partial charge < -0.3 is 15.0 Å². The Balaban J connectivity index is 2.39. The lowest BCUT2D eigenvalue weighted by Gasteiger charge is -2.36. The highest BCUT2D eigenvalue weighted by molar-refractivity contribution is 5.68. The molecule has 1 unspecified atom stereocenters. The van der Waals surface area contributed by atoms with Crippen LogP contribution < -0.4 is 5.32 Å². The van der Waals surface area contributed by atoms with E-state index in [0.29, 0.717) is 18.1 Å². The predicted octanol–water partition coefficient (Wildman–Crippen LogP) is 3.55. The van der Waals surface area contributed by atoms with Crippen molar-refractivity contribution in [3.8, 4) is 0 Å². The van der Waals surface area contributed by atoms with Gasteiger partial charge in [-0.1, -0.05) is 6.92 Å². The molecule has 0 heterocycles. The molecule has 1 N–H and O–H groups in total. The minimum atomic E-state index is -0.416. The highest BCUT2D eigenvalue weighted by Crippen LogP contribution is 2.24. The summed E-state index contributed by atoms with van der Waals surface area (Å²) in [5.74, 6) is 0. The molecule has 4 nitrogen and oxygen atoms in total. The first kappa shape index (κ1) is 17.3. The molecule has 118 valence electrons. The van der Waals surface area contributed by atoms with Gasteiger partial charge in [-0.05, 0) is 59.8 Å². The van der Waals surface area contributed by atoms with E-state index in [-0.39, 0.29) is 6.09 Å². The van der Waals surface area contributed by atoms with E-state index in [1.165, 1.54) is 0 Å². The molecule has 0 aromatic rings. The largest absolute Gasteiger partial charge is 0.444 e. The van der Waals surface area contributed by atoms with Crippen LogP contribution >= 0.6 is 0 Å². The smallest absolute Gasteiger partial charge is 0.410 e. The Labute approximate surface area is 124 Å². The van der Waals surface area contributed by atoms with Crippen molar-refractivity contribution in [2.24, 2.45) is 0 Å². The molecule has 1 amide bonds. The van der Waals surface area contributed by atoms with Gasteiger partial charge in [0.2, 0.25) is 0 Å². The van der Waals surface area contributed by atoms with Crippen LogP contribution in [0.4, 0.5) is 4.79 Å². The van der Waals surface area contributed by atoms with Gasteiger partial charge in [-0.2, -0.15) is 0 Å². The highest BCUT2D eigenvalue weighted by Gasteiger charge is 2.29. The monoisotopic (exact) mass is 284 g/mol. The van der Waals surface area contributed by atoms with Crippen LogP contribution in [0.5, 0.6) is 0 Å². The molecule has 1 saturated carbocycles. The normalized spacial score (nSPS) is 25.1. The quantitative estimate of drug-likeness (QED) is 0.858. The molecule has 1 fully saturated rings. The van der Waals surface area contributed by atoms with E-state index in [1.54, 1.807) is 4.90 Å². The number of carbonyl (C=O) groups is 1. The minimum Gasteiger partial charge on any atom is -0.444 e. The lowest BCUT2D eigenvalue weighted by atomic mass is 9.90. The fourth-order valence-corrected chi connectivity index (χ4v) is 2.63. The Hall–Kier alpha value is -0.770. The molecule has 1 aliphatic rings. The molecule has 1 rings (SSSR count). The van der Waals surface area contributed by atoms with Crippen molar-refractivity contribution in [1.29, 1.82) is 0 Å². The molecule has 1 atom stereocenters. The second-order valence-electron chi connectivity index (χ2n) is 7.07. The minimum absolute atomic E-state index is 0.198. The summed E-state index contributed by atoms with van der Waals surface area (Å²) in [6, 6.07) is 1.51. The molecule has 4 heteroatoms. The Bertz CT molecular complexity index is 304. The maximum absolute atomic E-state index is 12.1. The molecular formula is C16H32N2O2. The van der Waals surface area contributed by atoms with Gasteiger partial charge in [0.25, 0.3) is 0 Å². The van der Waals surface area contributed by atoms with Gasteiger partial charge in [0.1, 0.15) is 5.60 Å². The fraction of sp³-hybridized carbons (Fsp3) is 0.938. The average Bonchev–Trinajstić information content (AvgIpc) is 2.36. The van der Waals surface area contributed by atoms with Gasteiger partial charge in [0, 0.05) is 25.2 Å². The number of nitrogens with one attached hydrogen (secondary N) is 1. The average molecular weight is 284 g/mol. The lowest BCUT2D eigenvalue weighted by molar-refractivity contribution is 0.0178. The Morgan fingerprint density at radius 2 is 1.85 bits per heavy atom. The topological polar surface area (TPSA) is 41.6 Å². The summed E-state index contributed by atoms with van der Waals surface area (Å²) in [5.41, 5.74) is -0.416. The van der Waals surface area contributed by atoms with Gasteiger partial charge in [-0.3, -0.25) is 0 Å². The molecule has 0 saturated heterocycles. The van der Waals surface area contributed by atoms with Crippen LogP contribution in [0.2, 0.25) is 0 Å². The highest BCUT2D eigenvalue weighted by atomic mass is 16.6. The van der Waals surface area contributed by atoms with Crippen molar-refractivity contribution in [3.05, 3.63) is 0 Å². The molecule has 0 bridgehead atoms. The second-order valence-corrected chi connectivity index (χ2v) is 7.07. The Morgan fingerprint density at radius 3 is 2.30 bits per heavy atom. The molecule has 20 heavy (non-hydrogen) atoms. The fourth-order valence-electron chi connectivity index (χ4n) is 2.63. The maximum Gasteiger partial charge on any atom is 0.410 e. The third-order valence-corrected chi connectivity index (χ3v) is 4.06. The summed E-state index contributed by atoms with van der Waals surface area (Å²) < 4.78 is 5.43. The first-order valence-electron chi connectivity index (χ1n) is 7.94. The molecule has 0 aromatic heterocycles. The van der Waals surface area contributed by atoms with E-state index >= 15 is 0 Å². The summed E-state index contributed by atoms with van der Waals surface area (Å²) in [7, 11) is 1.86. The van der Waals surface area contributed by atoms with E-state index in [2.05, 4.69) is 19.2 Å². The summed E-state index contributed by atoms with van der Waals surface area (Å²) in [5, 5.41) is 3.66. The summed E-state index contributed by atoms with van der Waals surface area (Å²) >= 11 is 0. The van der Waals surface area contributed by atoms with Crippen molar-refractivity contribution < 1.29 is 9.53 Å². The van der Waals surface area contributed by atoms with Gasteiger partial charge in [0.15, 0.2) is 0 Å². The number of hydrogen-bond donors (Lipinski definition) is 1. The molecule has 0 aromatic carbocycles. The number of ether oxygens (including phenoxy) is 1. The van der Waals surface area contributed by atoms with E-state index < -0.39 is 5.60 Å². The number of carbonyl (C=O) groups excluding carboxylic acids is 1. The van der Waals surface area contributed by atoms with Crippen LogP contribution in [-0.4, -0.2) is 41.8 Å². The number of hydrogen-bond acceptors (Lipinski definition) is 3. The van der Waals surface area contributed by atoms with Crippen molar-refractivity contribution in [1.82, 2.24) is 10.2 Å². The first-order valence-corrected chi connectivity index (χ1v) is 7.94. The third-order valence-electron chi connectivity index (χ3n) is 4.06. The van der Waals surface area contributed by atoms with Crippen molar-refractivity contribution in [3.63, 3.8) is 0 Å². The molecular weight excluding hydrogens is 252 g/mol. The number of nitrogens with zero attached hydrogens (tertiary/aromatic N) is 1. The van der Waals surface area contributed by atoms with Gasteiger partial charge >= 0.3 is 6.09 Å². The van der Waals surface area contributed by atoms with Gasteiger partial charge in [-0.25, -0.2) is 4.79 Å². The second kappa shape index (κ2) is 7.30. The summed E-state index contributed by atoms with van der Waals surface area (Å²) in [6.45, 7) is 10.2. The van der Waals surface area contributed by atoms with E-state index in [1.807, 2.05) is 27.8 Å². The van der Waals surface area contributed by atoms with Crippen molar-refractivity contribution >= 4 is 6.09 Å². The molecule has 0 radical (unpaired) electrons. The SMILES string of the molecule is CCC(C)NC1CCC(N(C)C(=O)OC(C)(C)C)CC1. The molecule has 0 aliphatic heterocycles. The van der Waals surface area contributed by atoms with Crippen molar-refractivity contribution in [2.75, 3.05) is 7.05 Å². The zero-order valence-electron chi connectivity index (χ0n) is 14.0. The van der Waals surface area contributed by atoms with Crippen LogP contribution in [0.25, 0.3) is 0 Å². The van der Waals surface area contributed by atoms with Crippen LogP contribution in [0.15, 0.2) is 0 Å². The zero-order valence-corrected chi connectivity index (χ0v) is 14.0. The van der Waals surface area contributed by atoms with E-state index in [9.17, 15) is 4.79 Å². The van der Waals surface area contributed by atoms with Crippen LogP contribution in [-0.2, 0) is 4.74 Å². The van der Waals surface area contributed by atoms with Crippen LogP contribution in [0.1, 0.15) is 66.7 Å². The number of amides is 1. The van der Waals surface area contributed by atoms with Crippen LogP contribution in [0, 0.1) is 0 Å². The van der Waals surface area contributed by atoms with Crippen LogP contribution in [0.3, 0.4) is 0 Å². The van der Waals surface area contributed by atoms with Gasteiger partial charge in [0.05, 0.1) is 0 Å². The maximum atomic E-state index is 12.1. The van der Waals surface area contributed by atoms with Crippen molar-refractivity contribution in [2.45, 2.75) is 90.4 Å². The zero-order chi connectivity index (χ0) is 15.3. The third kappa shape index (κ3) is 5.70. The number of rotatable bonds is 4. The summed E-state index contributed by atoms with van der Waals surface area (Å²) in [4.78, 5) is 13.8. The summed E-state index contributed by atoms with van der Waals surface area (Å²) in [6.07, 6.45) is 5.37. The van der Waals surface area contributed by atoms with E-state index in [0.717, 1.165) is 32.1 Å². The van der Waals surface area contributed by atoms with E-state index in [4.69, 9.17) is 4.74 Å². The van der Waals surface area contributed by atoms with Gasteiger partial charge in [-0.15, -0.1) is 0 Å². The first-order chi connectivity index (χ1) is 9.23. The predicted molar refractivity (Wildman–Crippen MR) is 82.9 cm³/mol.